The lowest BCUT2D eigenvalue weighted by atomic mass is 9.68. The zero-order valence-electron chi connectivity index (χ0n) is 21.8. The number of hydrogen-bond acceptors (Lipinski definition) is 1. The van der Waals surface area contributed by atoms with Crippen LogP contribution in [0.15, 0.2) is 24.3 Å². The van der Waals surface area contributed by atoms with Gasteiger partial charge in [0, 0.05) is 0 Å². The van der Waals surface area contributed by atoms with E-state index in [1.807, 2.05) is 12.1 Å². The van der Waals surface area contributed by atoms with Gasteiger partial charge < -0.3 is 4.74 Å². The van der Waals surface area contributed by atoms with Crippen molar-refractivity contribution in [2.75, 3.05) is 0 Å². The van der Waals surface area contributed by atoms with E-state index in [0.717, 1.165) is 30.6 Å². The monoisotopic (exact) mass is 474 g/mol. The van der Waals surface area contributed by atoms with E-state index in [9.17, 15) is 0 Å². The summed E-state index contributed by atoms with van der Waals surface area (Å²) in [6.07, 6.45) is 15.8. The van der Waals surface area contributed by atoms with Crippen LogP contribution in [-0.4, -0.2) is 6.11 Å². The quantitative estimate of drug-likeness (QED) is 0.323. The third-order valence-electron chi connectivity index (χ3n) is 9.64. The third-order valence-corrected chi connectivity index (χ3v) is 9.64. The second kappa shape index (κ2) is 12.2. The van der Waals surface area contributed by atoms with Crippen LogP contribution in [0.1, 0.15) is 128 Å². The van der Waals surface area contributed by atoms with Crippen molar-refractivity contribution in [2.45, 2.75) is 129 Å². The molecule has 1 aromatic rings. The molecule has 3 heteroatoms. The van der Waals surface area contributed by atoms with Gasteiger partial charge >= 0.3 is 6.11 Å². The van der Waals surface area contributed by atoms with Crippen molar-refractivity contribution < 1.29 is 13.5 Å². The van der Waals surface area contributed by atoms with E-state index in [4.69, 9.17) is 4.74 Å². The number of benzene rings is 1. The second-order valence-corrected chi connectivity index (χ2v) is 12.1. The van der Waals surface area contributed by atoms with Crippen LogP contribution in [0, 0.1) is 29.6 Å². The Kier molecular flexibility index (Phi) is 9.33. The zero-order chi connectivity index (χ0) is 24.0. The average Bonchev–Trinajstić information content (AvgIpc) is 2.86. The first-order chi connectivity index (χ1) is 16.4. The molecule has 0 aromatic heterocycles. The Morgan fingerprint density at radius 2 is 1.35 bits per heavy atom. The molecule has 192 valence electrons. The minimum atomic E-state index is -3.07. The number of hydrogen-bond donors (Lipinski definition) is 0. The fraction of sp³-hybridized carbons (Fsp3) is 0.806. The molecule has 3 aliphatic rings. The summed E-state index contributed by atoms with van der Waals surface area (Å²) in [7, 11) is 0. The number of rotatable bonds is 9. The maximum atomic E-state index is 15.0. The number of alkyl halides is 2. The molecule has 0 saturated heterocycles. The molecule has 3 fully saturated rings. The molecular weight excluding hydrogens is 426 g/mol. The fourth-order valence-corrected chi connectivity index (χ4v) is 7.20. The van der Waals surface area contributed by atoms with Gasteiger partial charge in [-0.3, -0.25) is 0 Å². The number of ether oxygens (including phenoxy) is 1. The molecule has 0 heterocycles. The molecule has 0 radical (unpaired) electrons. The van der Waals surface area contributed by atoms with E-state index in [1.165, 1.54) is 82.6 Å². The summed E-state index contributed by atoms with van der Waals surface area (Å²) in [5, 5.41) is 0. The average molecular weight is 475 g/mol. The van der Waals surface area contributed by atoms with Gasteiger partial charge in [-0.1, -0.05) is 77.3 Å². The second-order valence-electron chi connectivity index (χ2n) is 12.1. The summed E-state index contributed by atoms with van der Waals surface area (Å²) >= 11 is 0. The van der Waals surface area contributed by atoms with Crippen molar-refractivity contribution in [3.05, 3.63) is 29.8 Å². The molecule has 0 amide bonds. The van der Waals surface area contributed by atoms with Gasteiger partial charge in [-0.05, 0) is 98.7 Å². The summed E-state index contributed by atoms with van der Waals surface area (Å²) in [5.41, 5.74) is 1.28. The Morgan fingerprint density at radius 3 is 1.94 bits per heavy atom. The van der Waals surface area contributed by atoms with E-state index >= 15 is 8.78 Å². The number of unbranched alkanes of at least 4 members (excludes halogenated alkanes) is 2. The first-order valence-electron chi connectivity index (χ1n) is 14.6. The van der Waals surface area contributed by atoms with Crippen LogP contribution < -0.4 is 4.74 Å². The van der Waals surface area contributed by atoms with Gasteiger partial charge in [0.2, 0.25) is 0 Å². The maximum absolute atomic E-state index is 15.0. The van der Waals surface area contributed by atoms with Crippen molar-refractivity contribution in [1.82, 2.24) is 0 Å². The zero-order valence-corrected chi connectivity index (χ0v) is 21.8. The molecule has 0 N–H and O–H groups in total. The van der Waals surface area contributed by atoms with Crippen LogP contribution in [-0.2, 0) is 0 Å². The fourth-order valence-electron chi connectivity index (χ4n) is 7.20. The van der Waals surface area contributed by atoms with Crippen molar-refractivity contribution >= 4 is 0 Å². The Morgan fingerprint density at radius 1 is 0.765 bits per heavy atom. The molecule has 34 heavy (non-hydrogen) atoms. The lowest BCUT2D eigenvalue weighted by Gasteiger charge is -2.39. The van der Waals surface area contributed by atoms with E-state index in [0.29, 0.717) is 30.4 Å². The summed E-state index contributed by atoms with van der Waals surface area (Å²) < 4.78 is 35.4. The van der Waals surface area contributed by atoms with Crippen LogP contribution in [0.25, 0.3) is 0 Å². The summed E-state index contributed by atoms with van der Waals surface area (Å²) in [4.78, 5) is 0. The lowest BCUT2D eigenvalue weighted by molar-refractivity contribution is -0.224. The van der Waals surface area contributed by atoms with Crippen molar-refractivity contribution in [2.24, 2.45) is 29.6 Å². The SMILES string of the molecule is CCCCCC1CCC(C2CCC(C(F)(F)Oc3ccc(C4CCC(C)CC4)cc3)CC2)CC1. The van der Waals surface area contributed by atoms with Gasteiger partial charge in [0.15, 0.2) is 0 Å². The van der Waals surface area contributed by atoms with Crippen molar-refractivity contribution in [3.8, 4) is 5.75 Å². The van der Waals surface area contributed by atoms with Crippen molar-refractivity contribution in [3.63, 3.8) is 0 Å². The Hall–Kier alpha value is -1.12. The first-order valence-corrected chi connectivity index (χ1v) is 14.6. The molecule has 0 bridgehead atoms. The van der Waals surface area contributed by atoms with Gasteiger partial charge in [-0.25, -0.2) is 0 Å². The van der Waals surface area contributed by atoms with E-state index in [-0.39, 0.29) is 0 Å². The molecule has 0 aliphatic heterocycles. The Labute approximate surface area is 207 Å². The molecule has 1 nitrogen and oxygen atoms in total. The smallest absolute Gasteiger partial charge is 0.400 e. The topological polar surface area (TPSA) is 9.23 Å². The standard InChI is InChI=1S/C31H48F2O/c1-3-4-5-6-24-9-13-26(14-10-24)27-15-19-29(20-16-27)31(32,33)34-30-21-17-28(18-22-30)25-11-7-23(2)8-12-25/h17-18,21-27,29H,3-16,19-20H2,1-2H3. The minimum absolute atomic E-state index is 0.321. The minimum Gasteiger partial charge on any atom is -0.432 e. The molecule has 3 saturated carbocycles. The first kappa shape index (κ1) is 26.0. The van der Waals surface area contributed by atoms with Crippen LogP contribution in [0.4, 0.5) is 8.78 Å². The molecule has 0 spiro atoms. The van der Waals surface area contributed by atoms with Gasteiger partial charge in [0.1, 0.15) is 5.75 Å². The molecule has 0 unspecified atom stereocenters. The van der Waals surface area contributed by atoms with E-state index in [2.05, 4.69) is 13.8 Å². The maximum Gasteiger partial charge on any atom is 0.400 e. The highest BCUT2D eigenvalue weighted by Crippen LogP contribution is 2.46. The summed E-state index contributed by atoms with van der Waals surface area (Å²) in [6.45, 7) is 4.60. The molecule has 0 atom stereocenters. The normalized spacial score (nSPS) is 32.9. The van der Waals surface area contributed by atoms with Crippen LogP contribution in [0.3, 0.4) is 0 Å². The van der Waals surface area contributed by atoms with Crippen LogP contribution in [0.5, 0.6) is 5.75 Å². The highest BCUT2D eigenvalue weighted by molar-refractivity contribution is 5.30. The third kappa shape index (κ3) is 6.97. The van der Waals surface area contributed by atoms with E-state index < -0.39 is 12.0 Å². The van der Waals surface area contributed by atoms with Crippen LogP contribution in [0.2, 0.25) is 0 Å². The molecule has 3 aliphatic carbocycles. The van der Waals surface area contributed by atoms with Gasteiger partial charge in [-0.2, -0.15) is 8.78 Å². The van der Waals surface area contributed by atoms with Crippen LogP contribution >= 0.6 is 0 Å². The van der Waals surface area contributed by atoms with Crippen molar-refractivity contribution in [1.29, 1.82) is 0 Å². The van der Waals surface area contributed by atoms with E-state index in [1.54, 1.807) is 12.1 Å². The van der Waals surface area contributed by atoms with Gasteiger partial charge in [0.05, 0.1) is 5.92 Å². The lowest BCUT2D eigenvalue weighted by Crippen LogP contribution is -2.38. The predicted molar refractivity (Wildman–Crippen MR) is 137 cm³/mol. The largest absolute Gasteiger partial charge is 0.432 e. The summed E-state index contributed by atoms with van der Waals surface area (Å²) in [6, 6.07) is 7.57. The van der Waals surface area contributed by atoms with Gasteiger partial charge in [0.25, 0.3) is 0 Å². The van der Waals surface area contributed by atoms with Gasteiger partial charge in [-0.15, -0.1) is 0 Å². The molecule has 1 aromatic carbocycles. The molecule has 4 rings (SSSR count). The highest BCUT2D eigenvalue weighted by Gasteiger charge is 2.45. The Bertz CT molecular complexity index is 705. The molecular formula is C31H48F2O. The summed E-state index contributed by atoms with van der Waals surface area (Å²) in [5.74, 6) is 3.42. The predicted octanol–water partition coefficient (Wildman–Crippen LogP) is 10.1. The number of halogens is 2. The Balaban J connectivity index is 1.21. The highest BCUT2D eigenvalue weighted by atomic mass is 19.3.